The monoisotopic (exact) mass is 442 g/mol. The van der Waals surface area contributed by atoms with E-state index in [1.165, 1.54) is 23.1 Å². The minimum atomic E-state index is -0.0651. The van der Waals surface area contributed by atoms with Gasteiger partial charge in [0.15, 0.2) is 5.13 Å². The van der Waals surface area contributed by atoms with Crippen molar-refractivity contribution in [2.45, 2.75) is 31.7 Å². The highest BCUT2D eigenvalue weighted by Gasteiger charge is 2.20. The van der Waals surface area contributed by atoms with Gasteiger partial charge in [-0.15, -0.1) is 32.9 Å². The molecule has 0 bridgehead atoms. The van der Waals surface area contributed by atoms with Crippen LogP contribution in [0.5, 0.6) is 0 Å². The molecule has 0 unspecified atom stereocenters. The van der Waals surface area contributed by atoms with Gasteiger partial charge in [0.1, 0.15) is 0 Å². The number of amides is 1. The van der Waals surface area contributed by atoms with Crippen LogP contribution in [0.15, 0.2) is 50.7 Å². The molecule has 0 aliphatic rings. The third-order valence-electron chi connectivity index (χ3n) is 4.34. The highest BCUT2D eigenvalue weighted by Crippen LogP contribution is 2.34. The second-order valence-electron chi connectivity index (χ2n) is 6.33. The fourth-order valence-corrected chi connectivity index (χ4v) is 5.04. The topological polar surface area (TPSA) is 72.1 Å². The number of carbonyl (C=O) groups is 1. The molecule has 0 N–H and O–H groups in total. The van der Waals surface area contributed by atoms with Gasteiger partial charge in [0.05, 0.1) is 16.3 Å². The summed E-state index contributed by atoms with van der Waals surface area (Å²) in [5, 5.41) is 13.3. The number of nitrogens with zero attached hydrogens (tertiary/aromatic N) is 4. The van der Waals surface area contributed by atoms with Gasteiger partial charge in [0.2, 0.25) is 5.91 Å². The van der Waals surface area contributed by atoms with Crippen molar-refractivity contribution in [2.75, 3.05) is 4.90 Å². The van der Waals surface area contributed by atoms with Crippen molar-refractivity contribution < 1.29 is 9.21 Å². The number of hydrogen-bond donors (Lipinski definition) is 0. The summed E-state index contributed by atoms with van der Waals surface area (Å²) in [5.74, 6) is 1.05. The van der Waals surface area contributed by atoms with Crippen LogP contribution in [0.3, 0.4) is 0 Å². The molecular weight excluding hydrogens is 424 g/mol. The van der Waals surface area contributed by atoms with Crippen molar-refractivity contribution in [3.8, 4) is 10.8 Å². The van der Waals surface area contributed by atoms with Gasteiger partial charge in [-0.2, -0.15) is 0 Å². The summed E-state index contributed by atoms with van der Waals surface area (Å²) in [6.07, 6.45) is 0. The van der Waals surface area contributed by atoms with Crippen molar-refractivity contribution in [1.82, 2.24) is 15.2 Å². The molecule has 6 nitrogen and oxygen atoms in total. The fraction of sp³-hybridized carbons (Fsp3) is 0.200. The van der Waals surface area contributed by atoms with Crippen LogP contribution in [-0.4, -0.2) is 21.1 Å². The van der Waals surface area contributed by atoms with E-state index in [4.69, 9.17) is 4.42 Å². The zero-order valence-electron chi connectivity index (χ0n) is 16.1. The standard InChI is InChI=1S/C20H18N4O2S3/c1-12-6-4-7-16(13(12)2)24(14(3)25)19-21-15(10-28-19)11-29-20-23-22-18(26-20)17-8-5-9-27-17/h4-10H,11H2,1-3H3. The number of benzene rings is 1. The summed E-state index contributed by atoms with van der Waals surface area (Å²) in [7, 11) is 0. The van der Waals surface area contributed by atoms with Gasteiger partial charge in [-0.1, -0.05) is 30.0 Å². The van der Waals surface area contributed by atoms with Crippen LogP contribution < -0.4 is 4.90 Å². The maximum atomic E-state index is 12.4. The Morgan fingerprint density at radius 3 is 2.79 bits per heavy atom. The van der Waals surface area contributed by atoms with E-state index in [1.54, 1.807) is 23.2 Å². The van der Waals surface area contributed by atoms with E-state index in [9.17, 15) is 4.79 Å². The number of aromatic nitrogens is 3. The zero-order chi connectivity index (χ0) is 20.4. The minimum absolute atomic E-state index is 0.0651. The summed E-state index contributed by atoms with van der Waals surface area (Å²) in [6, 6.07) is 9.84. The second-order valence-corrected chi connectivity index (χ2v) is 9.04. The first-order chi connectivity index (χ1) is 14.0. The molecule has 4 rings (SSSR count). The number of thiophene rings is 1. The SMILES string of the molecule is CC(=O)N(c1nc(CSc2nnc(-c3cccs3)o2)cs1)c1cccc(C)c1C. The molecule has 0 atom stereocenters. The third-order valence-corrected chi connectivity index (χ3v) is 6.93. The highest BCUT2D eigenvalue weighted by atomic mass is 32.2. The number of carbonyl (C=O) groups excluding carboxylic acids is 1. The molecule has 9 heteroatoms. The minimum Gasteiger partial charge on any atom is -0.410 e. The van der Waals surface area contributed by atoms with Crippen molar-refractivity contribution >= 4 is 51.2 Å². The molecule has 0 spiro atoms. The molecule has 1 aromatic carbocycles. The normalized spacial score (nSPS) is 11.0. The molecule has 3 aromatic heterocycles. The van der Waals surface area contributed by atoms with Gasteiger partial charge in [-0.3, -0.25) is 9.69 Å². The average Bonchev–Trinajstić information content (AvgIpc) is 3.45. The predicted octanol–water partition coefficient (Wildman–Crippen LogP) is 5.85. The second kappa shape index (κ2) is 8.48. The molecule has 0 aliphatic heterocycles. The zero-order valence-corrected chi connectivity index (χ0v) is 18.5. The quantitative estimate of drug-likeness (QED) is 0.349. The van der Waals surface area contributed by atoms with Crippen LogP contribution in [0.1, 0.15) is 23.7 Å². The van der Waals surface area contributed by atoms with Crippen molar-refractivity contribution in [3.05, 3.63) is 57.9 Å². The fourth-order valence-electron chi connectivity index (χ4n) is 2.75. The molecule has 4 aromatic rings. The number of aryl methyl sites for hydroxylation is 1. The van der Waals surface area contributed by atoms with Crippen molar-refractivity contribution in [3.63, 3.8) is 0 Å². The molecular formula is C20H18N4O2S3. The van der Waals surface area contributed by atoms with Crippen LogP contribution in [0.4, 0.5) is 10.8 Å². The van der Waals surface area contributed by atoms with E-state index in [0.717, 1.165) is 27.4 Å². The summed E-state index contributed by atoms with van der Waals surface area (Å²) >= 11 is 4.44. The van der Waals surface area contributed by atoms with Gasteiger partial charge in [-0.05, 0) is 42.5 Å². The van der Waals surface area contributed by atoms with Crippen LogP contribution in [0.25, 0.3) is 10.8 Å². The largest absolute Gasteiger partial charge is 0.410 e. The molecule has 1 amide bonds. The molecule has 148 valence electrons. The summed E-state index contributed by atoms with van der Waals surface area (Å²) in [5.41, 5.74) is 3.94. The summed E-state index contributed by atoms with van der Waals surface area (Å²) in [4.78, 5) is 19.7. The molecule has 0 saturated heterocycles. The van der Waals surface area contributed by atoms with E-state index >= 15 is 0 Å². The first kappa shape index (κ1) is 19.8. The Morgan fingerprint density at radius 1 is 1.17 bits per heavy atom. The first-order valence-corrected chi connectivity index (χ1v) is 11.6. The van der Waals surface area contributed by atoms with Crippen LogP contribution in [-0.2, 0) is 10.5 Å². The molecule has 0 saturated carbocycles. The Hall–Kier alpha value is -2.49. The van der Waals surface area contributed by atoms with Crippen molar-refractivity contribution in [2.24, 2.45) is 0 Å². The number of anilines is 2. The van der Waals surface area contributed by atoms with Gasteiger partial charge in [-0.25, -0.2) is 4.98 Å². The third kappa shape index (κ3) is 4.26. The smallest absolute Gasteiger partial charge is 0.277 e. The van der Waals surface area contributed by atoms with Gasteiger partial charge in [0, 0.05) is 18.1 Å². The maximum absolute atomic E-state index is 12.4. The Morgan fingerprint density at radius 2 is 2.03 bits per heavy atom. The van der Waals surface area contributed by atoms with E-state index in [1.807, 2.05) is 54.9 Å². The number of rotatable bonds is 6. The van der Waals surface area contributed by atoms with Crippen LogP contribution in [0.2, 0.25) is 0 Å². The van der Waals surface area contributed by atoms with Gasteiger partial charge in [0.25, 0.3) is 11.1 Å². The average molecular weight is 443 g/mol. The summed E-state index contributed by atoms with van der Waals surface area (Å²) < 4.78 is 5.70. The van der Waals surface area contributed by atoms with Crippen LogP contribution >= 0.6 is 34.4 Å². The lowest BCUT2D eigenvalue weighted by Crippen LogP contribution is -2.23. The summed E-state index contributed by atoms with van der Waals surface area (Å²) in [6.45, 7) is 5.61. The lowest BCUT2D eigenvalue weighted by atomic mass is 10.1. The van der Waals surface area contributed by atoms with E-state index in [2.05, 4.69) is 15.2 Å². The van der Waals surface area contributed by atoms with E-state index < -0.39 is 0 Å². The van der Waals surface area contributed by atoms with E-state index in [0.29, 0.717) is 22.0 Å². The lowest BCUT2D eigenvalue weighted by molar-refractivity contribution is -0.115. The van der Waals surface area contributed by atoms with Crippen LogP contribution in [0, 0.1) is 13.8 Å². The Labute approximate surface area is 180 Å². The highest BCUT2D eigenvalue weighted by molar-refractivity contribution is 7.98. The molecule has 29 heavy (non-hydrogen) atoms. The Balaban J connectivity index is 1.50. The Bertz CT molecular complexity index is 1130. The van der Waals surface area contributed by atoms with Gasteiger partial charge >= 0.3 is 0 Å². The van der Waals surface area contributed by atoms with Crippen molar-refractivity contribution in [1.29, 1.82) is 0 Å². The Kier molecular flexibility index (Phi) is 5.79. The number of thiazole rings is 1. The molecule has 3 heterocycles. The first-order valence-electron chi connectivity index (χ1n) is 8.84. The predicted molar refractivity (Wildman–Crippen MR) is 118 cm³/mol. The lowest BCUT2D eigenvalue weighted by Gasteiger charge is -2.21. The molecule has 0 aliphatic carbocycles. The molecule has 0 fully saturated rings. The van der Waals surface area contributed by atoms with E-state index in [-0.39, 0.29) is 5.91 Å². The molecule has 0 radical (unpaired) electrons. The maximum Gasteiger partial charge on any atom is 0.277 e. The number of thioether (sulfide) groups is 1. The van der Waals surface area contributed by atoms with Gasteiger partial charge < -0.3 is 4.42 Å². The number of hydrogen-bond acceptors (Lipinski definition) is 8.